The summed E-state index contributed by atoms with van der Waals surface area (Å²) >= 11 is 5.78. The Kier molecular flexibility index (Phi) is 4.26. The third-order valence-electron chi connectivity index (χ3n) is 2.63. The number of halogens is 1. The largest absolute Gasteiger partial charge is 0.487 e. The van der Waals surface area contributed by atoms with Crippen LogP contribution in [0.1, 0.15) is 31.1 Å². The van der Waals surface area contributed by atoms with Crippen molar-refractivity contribution in [1.82, 2.24) is 9.78 Å². The Morgan fingerprint density at radius 3 is 2.83 bits per heavy atom. The van der Waals surface area contributed by atoms with Crippen LogP contribution in [0.15, 0.2) is 36.5 Å². The van der Waals surface area contributed by atoms with Gasteiger partial charge in [-0.15, -0.1) is 11.6 Å². The Balaban J connectivity index is 1.97. The van der Waals surface area contributed by atoms with Crippen molar-refractivity contribution in [3.8, 4) is 5.75 Å². The highest BCUT2D eigenvalue weighted by Gasteiger charge is 2.03. The third kappa shape index (κ3) is 3.26. The number of ether oxygens (including phenoxy) is 1. The van der Waals surface area contributed by atoms with Crippen LogP contribution in [0.2, 0.25) is 0 Å². The van der Waals surface area contributed by atoms with Gasteiger partial charge < -0.3 is 4.74 Å². The van der Waals surface area contributed by atoms with Crippen molar-refractivity contribution in [2.45, 2.75) is 32.4 Å². The predicted molar refractivity (Wildman–Crippen MR) is 72.9 cm³/mol. The molecule has 0 aliphatic rings. The average Bonchev–Trinajstić information content (AvgIpc) is 2.85. The Morgan fingerprint density at radius 2 is 2.17 bits per heavy atom. The highest BCUT2D eigenvalue weighted by Crippen LogP contribution is 2.16. The lowest BCUT2D eigenvalue weighted by molar-refractivity contribution is 0.298. The topological polar surface area (TPSA) is 27.1 Å². The standard InChI is InChI=1S/C14H17ClN2O/c1-11(2)17-7-6-13(16-17)10-18-14-5-3-4-12(8-14)9-15/h3-8,11H,9-10H2,1-2H3. The first-order chi connectivity index (χ1) is 8.69. The van der Waals surface area contributed by atoms with Crippen LogP contribution in [0.5, 0.6) is 5.75 Å². The van der Waals surface area contributed by atoms with Gasteiger partial charge in [0.2, 0.25) is 0 Å². The zero-order chi connectivity index (χ0) is 13.0. The van der Waals surface area contributed by atoms with Crippen molar-refractivity contribution in [2.75, 3.05) is 0 Å². The van der Waals surface area contributed by atoms with Gasteiger partial charge in [-0.25, -0.2) is 0 Å². The molecule has 0 aliphatic heterocycles. The first-order valence-corrected chi connectivity index (χ1v) is 6.54. The molecule has 2 rings (SSSR count). The zero-order valence-corrected chi connectivity index (χ0v) is 11.4. The summed E-state index contributed by atoms with van der Waals surface area (Å²) in [4.78, 5) is 0. The molecule has 96 valence electrons. The lowest BCUT2D eigenvalue weighted by Crippen LogP contribution is -2.03. The van der Waals surface area contributed by atoms with Crippen LogP contribution in [-0.2, 0) is 12.5 Å². The van der Waals surface area contributed by atoms with Crippen LogP contribution in [0.4, 0.5) is 0 Å². The van der Waals surface area contributed by atoms with Crippen LogP contribution in [0.3, 0.4) is 0 Å². The van der Waals surface area contributed by atoms with E-state index in [1.54, 1.807) is 0 Å². The molecule has 18 heavy (non-hydrogen) atoms. The molecule has 2 aromatic rings. The van der Waals surface area contributed by atoms with E-state index in [-0.39, 0.29) is 0 Å². The number of benzene rings is 1. The number of hydrogen-bond acceptors (Lipinski definition) is 2. The van der Waals surface area contributed by atoms with Gasteiger partial charge in [0.05, 0.1) is 5.69 Å². The fourth-order valence-electron chi connectivity index (χ4n) is 1.62. The van der Waals surface area contributed by atoms with E-state index >= 15 is 0 Å². The van der Waals surface area contributed by atoms with Crippen molar-refractivity contribution in [1.29, 1.82) is 0 Å². The van der Waals surface area contributed by atoms with Crippen molar-refractivity contribution < 1.29 is 4.74 Å². The summed E-state index contributed by atoms with van der Waals surface area (Å²) in [5.41, 5.74) is 1.99. The van der Waals surface area contributed by atoms with Gasteiger partial charge in [-0.1, -0.05) is 12.1 Å². The molecule has 0 saturated heterocycles. The molecule has 0 unspecified atom stereocenters. The van der Waals surface area contributed by atoms with Crippen molar-refractivity contribution in [3.63, 3.8) is 0 Å². The van der Waals surface area contributed by atoms with Crippen molar-refractivity contribution in [2.24, 2.45) is 0 Å². The lowest BCUT2D eigenvalue weighted by atomic mass is 10.2. The molecular formula is C14H17ClN2O. The van der Waals surface area contributed by atoms with E-state index in [1.165, 1.54) is 0 Å². The molecule has 0 N–H and O–H groups in total. The number of hydrogen-bond donors (Lipinski definition) is 0. The van der Waals surface area contributed by atoms with E-state index in [0.717, 1.165) is 17.0 Å². The van der Waals surface area contributed by atoms with E-state index in [0.29, 0.717) is 18.5 Å². The summed E-state index contributed by atoms with van der Waals surface area (Å²) < 4.78 is 7.62. The minimum atomic E-state index is 0.373. The number of nitrogens with zero attached hydrogens (tertiary/aromatic N) is 2. The Morgan fingerprint density at radius 1 is 1.33 bits per heavy atom. The maximum Gasteiger partial charge on any atom is 0.132 e. The molecule has 0 radical (unpaired) electrons. The Bertz CT molecular complexity index is 508. The fourth-order valence-corrected chi connectivity index (χ4v) is 1.78. The second-order valence-corrected chi connectivity index (χ2v) is 4.72. The summed E-state index contributed by atoms with van der Waals surface area (Å²) in [6.07, 6.45) is 1.97. The van der Waals surface area contributed by atoms with Crippen molar-refractivity contribution in [3.05, 3.63) is 47.8 Å². The van der Waals surface area contributed by atoms with Gasteiger partial charge in [0.1, 0.15) is 12.4 Å². The summed E-state index contributed by atoms with van der Waals surface area (Å²) in [6.45, 7) is 4.68. The Hall–Kier alpha value is -1.48. The summed E-state index contributed by atoms with van der Waals surface area (Å²) in [5.74, 6) is 1.33. The third-order valence-corrected chi connectivity index (χ3v) is 2.94. The molecule has 1 heterocycles. The van der Waals surface area contributed by atoms with Gasteiger partial charge in [0, 0.05) is 18.1 Å². The minimum Gasteiger partial charge on any atom is -0.487 e. The molecule has 0 fully saturated rings. The second kappa shape index (κ2) is 5.91. The predicted octanol–water partition coefficient (Wildman–Crippen LogP) is 3.78. The van der Waals surface area contributed by atoms with Crippen molar-refractivity contribution >= 4 is 11.6 Å². The number of aromatic nitrogens is 2. The monoisotopic (exact) mass is 264 g/mol. The normalized spacial score (nSPS) is 10.9. The lowest BCUT2D eigenvalue weighted by Gasteiger charge is -2.06. The van der Waals surface area contributed by atoms with Gasteiger partial charge in [0.25, 0.3) is 0 Å². The average molecular weight is 265 g/mol. The zero-order valence-electron chi connectivity index (χ0n) is 10.6. The molecule has 0 bridgehead atoms. The smallest absolute Gasteiger partial charge is 0.132 e. The molecule has 0 atom stereocenters. The molecular weight excluding hydrogens is 248 g/mol. The Labute approximate surface area is 112 Å². The molecule has 0 spiro atoms. The van der Waals surface area contributed by atoms with E-state index in [2.05, 4.69) is 18.9 Å². The molecule has 1 aromatic carbocycles. The van der Waals surface area contributed by atoms with Gasteiger partial charge in [0.15, 0.2) is 0 Å². The summed E-state index contributed by atoms with van der Waals surface area (Å²) in [5, 5.41) is 4.43. The quantitative estimate of drug-likeness (QED) is 0.769. The highest BCUT2D eigenvalue weighted by atomic mass is 35.5. The molecule has 4 heteroatoms. The maximum absolute atomic E-state index is 5.78. The van der Waals surface area contributed by atoms with Gasteiger partial charge in [-0.2, -0.15) is 5.10 Å². The van der Waals surface area contributed by atoms with Gasteiger partial charge >= 0.3 is 0 Å². The molecule has 0 aliphatic carbocycles. The van der Waals surface area contributed by atoms with Crippen LogP contribution in [0.25, 0.3) is 0 Å². The van der Waals surface area contributed by atoms with E-state index in [4.69, 9.17) is 16.3 Å². The number of alkyl halides is 1. The molecule has 1 aromatic heterocycles. The molecule has 0 amide bonds. The number of rotatable bonds is 5. The summed E-state index contributed by atoms with van der Waals surface area (Å²) in [6, 6.07) is 10.2. The minimum absolute atomic E-state index is 0.373. The first-order valence-electron chi connectivity index (χ1n) is 6.01. The summed E-state index contributed by atoms with van der Waals surface area (Å²) in [7, 11) is 0. The van der Waals surface area contributed by atoms with E-state index in [9.17, 15) is 0 Å². The van der Waals surface area contributed by atoms with Gasteiger partial charge in [-0.3, -0.25) is 4.68 Å². The molecule has 3 nitrogen and oxygen atoms in total. The highest BCUT2D eigenvalue weighted by molar-refractivity contribution is 6.17. The van der Waals surface area contributed by atoms with Crippen LogP contribution in [0, 0.1) is 0 Å². The molecule has 0 saturated carbocycles. The maximum atomic E-state index is 5.78. The second-order valence-electron chi connectivity index (χ2n) is 4.45. The van der Waals surface area contributed by atoms with Crippen LogP contribution in [-0.4, -0.2) is 9.78 Å². The van der Waals surface area contributed by atoms with Crippen LogP contribution >= 0.6 is 11.6 Å². The van der Waals surface area contributed by atoms with E-state index < -0.39 is 0 Å². The van der Waals surface area contributed by atoms with E-state index in [1.807, 2.05) is 41.2 Å². The first kappa shape index (κ1) is 13.0. The fraction of sp³-hybridized carbons (Fsp3) is 0.357. The van der Waals surface area contributed by atoms with Gasteiger partial charge in [-0.05, 0) is 37.6 Å². The SMILES string of the molecule is CC(C)n1ccc(COc2cccc(CCl)c2)n1. The van der Waals surface area contributed by atoms with Crippen LogP contribution < -0.4 is 4.74 Å².